The Labute approximate surface area is 158 Å². The number of likely N-dealkylation sites (N-methyl/N-ethyl adjacent to an activating group) is 1. The molecule has 0 aromatic heterocycles. The van der Waals surface area contributed by atoms with Crippen LogP contribution in [0, 0.1) is 0 Å². The van der Waals surface area contributed by atoms with Crippen molar-refractivity contribution in [1.29, 1.82) is 0 Å². The van der Waals surface area contributed by atoms with Crippen LogP contribution in [-0.2, 0) is 14.8 Å². The van der Waals surface area contributed by atoms with Crippen molar-refractivity contribution < 1.29 is 13.2 Å². The van der Waals surface area contributed by atoms with Gasteiger partial charge in [-0.3, -0.25) is 4.79 Å². The highest BCUT2D eigenvalue weighted by molar-refractivity contribution is 9.10. The second-order valence-corrected chi connectivity index (χ2v) is 8.67. The van der Waals surface area contributed by atoms with Gasteiger partial charge in [0.2, 0.25) is 15.9 Å². The lowest BCUT2D eigenvalue weighted by molar-refractivity contribution is -0.116. The average Bonchev–Trinajstić information content (AvgIpc) is 2.51. The van der Waals surface area contributed by atoms with E-state index in [1.165, 1.54) is 25.2 Å². The Morgan fingerprint density at radius 2 is 1.75 bits per heavy atom. The van der Waals surface area contributed by atoms with Crippen LogP contribution in [0.3, 0.4) is 0 Å². The predicted octanol–water partition coefficient (Wildman–Crippen LogP) is 4.02. The topological polar surface area (TPSA) is 66.5 Å². The summed E-state index contributed by atoms with van der Waals surface area (Å²) >= 11 is 14.9. The van der Waals surface area contributed by atoms with Crippen molar-refractivity contribution in [2.45, 2.75) is 4.90 Å². The number of nitrogens with zero attached hydrogens (tertiary/aromatic N) is 1. The van der Waals surface area contributed by atoms with Gasteiger partial charge in [-0.15, -0.1) is 0 Å². The summed E-state index contributed by atoms with van der Waals surface area (Å²) < 4.78 is 26.6. The molecule has 0 aliphatic heterocycles. The number of benzene rings is 2. The number of hydrogen-bond donors (Lipinski definition) is 1. The van der Waals surface area contributed by atoms with Gasteiger partial charge in [-0.2, -0.15) is 4.31 Å². The third-order valence-corrected chi connectivity index (χ3v) is 6.18. The molecule has 0 fully saturated rings. The third-order valence-electron chi connectivity index (χ3n) is 3.09. The molecule has 0 aliphatic carbocycles. The van der Waals surface area contributed by atoms with Crippen LogP contribution in [-0.4, -0.2) is 32.2 Å². The predicted molar refractivity (Wildman–Crippen MR) is 99.0 cm³/mol. The summed E-state index contributed by atoms with van der Waals surface area (Å²) in [7, 11) is -2.41. The Morgan fingerprint density at radius 3 is 2.33 bits per heavy atom. The van der Waals surface area contributed by atoms with Gasteiger partial charge in [-0.25, -0.2) is 8.42 Å². The van der Waals surface area contributed by atoms with E-state index in [0.29, 0.717) is 15.7 Å². The zero-order valence-electron chi connectivity index (χ0n) is 12.5. The molecule has 0 heterocycles. The lowest BCUT2D eigenvalue weighted by atomic mass is 10.3. The number of rotatable bonds is 5. The van der Waals surface area contributed by atoms with Crippen molar-refractivity contribution in [2.24, 2.45) is 0 Å². The van der Waals surface area contributed by atoms with Crippen molar-refractivity contribution in [1.82, 2.24) is 4.31 Å². The second kappa shape index (κ2) is 7.84. The number of carbonyl (C=O) groups excluding carboxylic acids is 1. The standard InChI is InChI=1S/C15H13BrCl2N2O3S/c1-20(24(22,23)12-5-2-10(16)3-6-12)9-15(21)19-11-4-7-13(17)14(18)8-11/h2-8H,9H2,1H3,(H,19,21). The van der Waals surface area contributed by atoms with Gasteiger partial charge in [0.05, 0.1) is 21.5 Å². The Morgan fingerprint density at radius 1 is 1.12 bits per heavy atom. The van der Waals surface area contributed by atoms with E-state index in [2.05, 4.69) is 21.2 Å². The molecule has 0 unspecified atom stereocenters. The van der Waals surface area contributed by atoms with E-state index in [0.717, 1.165) is 8.78 Å². The van der Waals surface area contributed by atoms with Gasteiger partial charge in [0.25, 0.3) is 0 Å². The van der Waals surface area contributed by atoms with E-state index in [1.807, 2.05) is 0 Å². The van der Waals surface area contributed by atoms with Gasteiger partial charge < -0.3 is 5.32 Å². The molecular weight excluding hydrogens is 439 g/mol. The van der Waals surface area contributed by atoms with Crippen molar-refractivity contribution in [3.05, 3.63) is 57.0 Å². The van der Waals surface area contributed by atoms with E-state index >= 15 is 0 Å². The van der Waals surface area contributed by atoms with Crippen LogP contribution in [0.2, 0.25) is 10.0 Å². The monoisotopic (exact) mass is 450 g/mol. The highest BCUT2D eigenvalue weighted by Crippen LogP contribution is 2.25. The second-order valence-electron chi connectivity index (χ2n) is 4.89. The lowest BCUT2D eigenvalue weighted by Crippen LogP contribution is -2.34. The Bertz CT molecular complexity index is 858. The Balaban J connectivity index is 2.07. The molecule has 0 aliphatic rings. The molecule has 0 spiro atoms. The molecule has 0 saturated heterocycles. The molecule has 24 heavy (non-hydrogen) atoms. The van der Waals surface area contributed by atoms with Crippen molar-refractivity contribution in [3.63, 3.8) is 0 Å². The highest BCUT2D eigenvalue weighted by Gasteiger charge is 2.22. The molecule has 2 aromatic rings. The fourth-order valence-electron chi connectivity index (χ4n) is 1.85. The number of anilines is 1. The van der Waals surface area contributed by atoms with E-state index < -0.39 is 15.9 Å². The van der Waals surface area contributed by atoms with E-state index in [4.69, 9.17) is 23.2 Å². The van der Waals surface area contributed by atoms with Gasteiger partial charge >= 0.3 is 0 Å². The molecule has 128 valence electrons. The van der Waals surface area contributed by atoms with Gasteiger partial charge in [0.1, 0.15) is 0 Å². The Kier molecular flexibility index (Phi) is 6.28. The summed E-state index contributed by atoms with van der Waals surface area (Å²) in [4.78, 5) is 12.2. The normalized spacial score (nSPS) is 11.5. The summed E-state index contributed by atoms with van der Waals surface area (Å²) in [5.74, 6) is -0.489. The first-order chi connectivity index (χ1) is 11.2. The quantitative estimate of drug-likeness (QED) is 0.746. The maximum absolute atomic E-state index is 12.4. The van der Waals surface area contributed by atoms with Crippen LogP contribution in [0.5, 0.6) is 0 Å². The minimum Gasteiger partial charge on any atom is -0.325 e. The van der Waals surface area contributed by atoms with E-state index in [9.17, 15) is 13.2 Å². The van der Waals surface area contributed by atoms with Crippen LogP contribution >= 0.6 is 39.1 Å². The maximum atomic E-state index is 12.4. The zero-order chi connectivity index (χ0) is 17.9. The molecule has 1 amide bonds. The summed E-state index contributed by atoms with van der Waals surface area (Å²) in [6.07, 6.45) is 0. The van der Waals surface area contributed by atoms with Gasteiger partial charge in [0.15, 0.2) is 0 Å². The molecule has 1 N–H and O–H groups in total. The van der Waals surface area contributed by atoms with E-state index in [-0.39, 0.29) is 11.4 Å². The van der Waals surface area contributed by atoms with Gasteiger partial charge in [-0.05, 0) is 42.5 Å². The molecule has 9 heteroatoms. The SMILES string of the molecule is CN(CC(=O)Nc1ccc(Cl)c(Cl)c1)S(=O)(=O)c1ccc(Br)cc1. The third kappa shape index (κ3) is 4.70. The fraction of sp³-hybridized carbons (Fsp3) is 0.133. The fourth-order valence-corrected chi connectivity index (χ4v) is 3.54. The number of hydrogen-bond acceptors (Lipinski definition) is 3. The van der Waals surface area contributed by atoms with Crippen molar-refractivity contribution in [3.8, 4) is 0 Å². The number of carbonyl (C=O) groups is 1. The number of sulfonamides is 1. The first-order valence-corrected chi connectivity index (χ1v) is 9.66. The largest absolute Gasteiger partial charge is 0.325 e. The minimum absolute atomic E-state index is 0.107. The molecule has 2 rings (SSSR count). The number of amides is 1. The maximum Gasteiger partial charge on any atom is 0.243 e. The van der Waals surface area contributed by atoms with Crippen molar-refractivity contribution in [2.75, 3.05) is 18.9 Å². The first-order valence-electron chi connectivity index (χ1n) is 6.67. The molecule has 0 radical (unpaired) electrons. The number of nitrogens with one attached hydrogen (secondary N) is 1. The van der Waals surface area contributed by atoms with E-state index in [1.54, 1.807) is 24.3 Å². The van der Waals surface area contributed by atoms with Crippen LogP contribution in [0.15, 0.2) is 51.8 Å². The summed E-state index contributed by atoms with van der Waals surface area (Å²) in [5, 5.41) is 3.24. The average molecular weight is 452 g/mol. The lowest BCUT2D eigenvalue weighted by Gasteiger charge is -2.17. The minimum atomic E-state index is -3.75. The molecule has 2 aromatic carbocycles. The first kappa shape index (κ1) is 19.2. The van der Waals surface area contributed by atoms with Crippen LogP contribution in [0.4, 0.5) is 5.69 Å². The van der Waals surface area contributed by atoms with Crippen LogP contribution in [0.1, 0.15) is 0 Å². The number of halogens is 3. The molecule has 0 bridgehead atoms. The summed E-state index contributed by atoms with van der Waals surface area (Å²) in [5.41, 5.74) is 0.434. The molecular formula is C15H13BrCl2N2O3S. The van der Waals surface area contributed by atoms with Crippen LogP contribution in [0.25, 0.3) is 0 Å². The summed E-state index contributed by atoms with van der Waals surface area (Å²) in [6, 6.07) is 10.8. The Hall–Kier alpha value is -1.12. The van der Waals surface area contributed by atoms with Gasteiger partial charge in [-0.1, -0.05) is 39.1 Å². The highest BCUT2D eigenvalue weighted by atomic mass is 79.9. The zero-order valence-corrected chi connectivity index (χ0v) is 16.4. The van der Waals surface area contributed by atoms with Crippen LogP contribution < -0.4 is 5.32 Å². The smallest absolute Gasteiger partial charge is 0.243 e. The summed E-state index contributed by atoms with van der Waals surface area (Å²) in [6.45, 7) is -0.335. The van der Waals surface area contributed by atoms with Crippen molar-refractivity contribution >= 4 is 60.7 Å². The molecule has 0 atom stereocenters. The molecule has 5 nitrogen and oxygen atoms in total. The molecule has 0 saturated carbocycles. The van der Waals surface area contributed by atoms with Gasteiger partial charge in [0, 0.05) is 17.2 Å².